The van der Waals surface area contributed by atoms with Gasteiger partial charge in [-0.05, 0) is 35.0 Å². The minimum Gasteiger partial charge on any atom is -0.476 e. The Bertz CT molecular complexity index is 711. The molecule has 0 bridgehead atoms. The van der Waals surface area contributed by atoms with E-state index in [4.69, 9.17) is 5.26 Å². The van der Waals surface area contributed by atoms with E-state index in [0.717, 1.165) is 0 Å². The molecule has 0 aliphatic heterocycles. The van der Waals surface area contributed by atoms with Crippen LogP contribution >= 0.6 is 15.9 Å². The van der Waals surface area contributed by atoms with E-state index >= 15 is 0 Å². The summed E-state index contributed by atoms with van der Waals surface area (Å²) >= 11 is 3.24. The van der Waals surface area contributed by atoms with Crippen LogP contribution in [0.3, 0.4) is 0 Å². The number of carboxylic acid groups (broad SMARTS) is 1. The van der Waals surface area contributed by atoms with E-state index in [2.05, 4.69) is 30.9 Å². The van der Waals surface area contributed by atoms with Crippen LogP contribution in [0.15, 0.2) is 29.1 Å². The van der Waals surface area contributed by atoms with Crippen LogP contribution in [0.5, 0.6) is 0 Å². The fraction of sp³-hybridized carbons (Fsp3) is 0.154. The van der Waals surface area contributed by atoms with E-state index < -0.39 is 5.97 Å². The third-order valence-corrected chi connectivity index (χ3v) is 3.13. The lowest BCUT2D eigenvalue weighted by Gasteiger charge is -2.22. The van der Waals surface area contributed by atoms with Gasteiger partial charge >= 0.3 is 5.97 Å². The molecule has 0 spiro atoms. The molecule has 1 N–H and O–H groups in total. The Labute approximate surface area is 129 Å². The summed E-state index contributed by atoms with van der Waals surface area (Å²) < 4.78 is 0.673. The van der Waals surface area contributed by atoms with Gasteiger partial charge < -0.3 is 10.0 Å². The van der Waals surface area contributed by atoms with Crippen LogP contribution in [0, 0.1) is 11.3 Å². The van der Waals surface area contributed by atoms with E-state index in [9.17, 15) is 9.90 Å². The normalized spacial score (nSPS) is 9.95. The Hall–Kier alpha value is -2.53. The number of halogens is 1. The van der Waals surface area contributed by atoms with Gasteiger partial charge in [0.05, 0.1) is 18.1 Å². The number of anilines is 2. The van der Waals surface area contributed by atoms with Gasteiger partial charge in [0.1, 0.15) is 10.7 Å². The smallest absolute Gasteiger partial charge is 0.358 e. The standard InChI is InChI=1S/C13H10BrN5O2/c1-2-19(9-3-4-10(14)16-7-9)12-11(13(20)21)18-8(5-15)6-17-12/h3-4,6-7H,2H2,1H3,(H,20,21). The highest BCUT2D eigenvalue weighted by atomic mass is 79.9. The first-order valence-electron chi connectivity index (χ1n) is 5.96. The fourth-order valence-corrected chi connectivity index (χ4v) is 1.99. The molecule has 0 aromatic carbocycles. The molecule has 2 heterocycles. The van der Waals surface area contributed by atoms with Crippen molar-refractivity contribution in [2.45, 2.75) is 6.92 Å². The van der Waals surface area contributed by atoms with Crippen molar-refractivity contribution in [3.63, 3.8) is 0 Å². The monoisotopic (exact) mass is 347 g/mol. The van der Waals surface area contributed by atoms with E-state index in [1.165, 1.54) is 6.20 Å². The molecule has 0 aliphatic carbocycles. The number of pyridine rings is 1. The van der Waals surface area contributed by atoms with E-state index in [-0.39, 0.29) is 17.2 Å². The van der Waals surface area contributed by atoms with Crippen molar-refractivity contribution in [3.8, 4) is 6.07 Å². The number of nitrogens with zero attached hydrogens (tertiary/aromatic N) is 5. The summed E-state index contributed by atoms with van der Waals surface area (Å²) in [5, 5.41) is 18.1. The predicted molar refractivity (Wildman–Crippen MR) is 78.3 cm³/mol. The van der Waals surface area contributed by atoms with Gasteiger partial charge in [0.25, 0.3) is 0 Å². The van der Waals surface area contributed by atoms with Crippen LogP contribution in [-0.4, -0.2) is 32.6 Å². The first-order chi connectivity index (χ1) is 10.1. The number of aromatic nitrogens is 3. The molecule has 2 aromatic heterocycles. The average molecular weight is 348 g/mol. The number of hydrogen-bond acceptors (Lipinski definition) is 6. The van der Waals surface area contributed by atoms with Gasteiger partial charge in [-0.3, -0.25) is 0 Å². The molecule has 0 saturated heterocycles. The Morgan fingerprint density at radius 1 is 1.43 bits per heavy atom. The van der Waals surface area contributed by atoms with Crippen molar-refractivity contribution in [2.24, 2.45) is 0 Å². The molecule has 2 aromatic rings. The van der Waals surface area contributed by atoms with Crippen molar-refractivity contribution in [1.29, 1.82) is 5.26 Å². The number of carbonyl (C=O) groups is 1. The van der Waals surface area contributed by atoms with Crippen molar-refractivity contribution < 1.29 is 9.90 Å². The summed E-state index contributed by atoms with van der Waals surface area (Å²) in [6.07, 6.45) is 2.84. The third-order valence-electron chi connectivity index (χ3n) is 2.67. The van der Waals surface area contributed by atoms with Crippen molar-refractivity contribution >= 4 is 33.4 Å². The number of hydrogen-bond donors (Lipinski definition) is 1. The van der Waals surface area contributed by atoms with Crippen molar-refractivity contribution in [3.05, 3.63) is 40.5 Å². The second kappa shape index (κ2) is 6.28. The zero-order valence-corrected chi connectivity index (χ0v) is 12.6. The zero-order valence-electron chi connectivity index (χ0n) is 11.0. The summed E-state index contributed by atoms with van der Waals surface area (Å²) in [4.78, 5) is 25.0. The van der Waals surface area contributed by atoms with Gasteiger partial charge in [0.2, 0.25) is 0 Å². The highest BCUT2D eigenvalue weighted by Gasteiger charge is 2.20. The van der Waals surface area contributed by atoms with Crippen LogP contribution < -0.4 is 4.90 Å². The first-order valence-corrected chi connectivity index (χ1v) is 6.75. The van der Waals surface area contributed by atoms with Gasteiger partial charge in [-0.15, -0.1) is 0 Å². The topological polar surface area (TPSA) is 103 Å². The van der Waals surface area contributed by atoms with Gasteiger partial charge in [-0.2, -0.15) is 5.26 Å². The minimum absolute atomic E-state index is 0.0406. The Morgan fingerprint density at radius 2 is 2.19 bits per heavy atom. The molecular formula is C13H10BrN5O2. The third kappa shape index (κ3) is 3.14. The average Bonchev–Trinajstić information content (AvgIpc) is 2.50. The van der Waals surface area contributed by atoms with Crippen LogP contribution in [-0.2, 0) is 0 Å². The lowest BCUT2D eigenvalue weighted by Crippen LogP contribution is -2.22. The SMILES string of the molecule is CCN(c1ccc(Br)nc1)c1ncc(C#N)nc1C(=O)O. The molecule has 0 radical (unpaired) electrons. The highest BCUT2D eigenvalue weighted by Crippen LogP contribution is 2.26. The lowest BCUT2D eigenvalue weighted by atomic mass is 10.3. The molecule has 2 rings (SSSR count). The Morgan fingerprint density at radius 3 is 2.71 bits per heavy atom. The summed E-state index contributed by atoms with van der Waals surface area (Å²) in [6.45, 7) is 2.33. The van der Waals surface area contributed by atoms with Crippen molar-refractivity contribution in [1.82, 2.24) is 15.0 Å². The zero-order chi connectivity index (χ0) is 15.4. The molecule has 0 saturated carbocycles. The number of carboxylic acids is 1. The molecule has 21 heavy (non-hydrogen) atoms. The second-order valence-corrected chi connectivity index (χ2v) is 4.74. The quantitative estimate of drug-likeness (QED) is 0.846. The van der Waals surface area contributed by atoms with Gasteiger partial charge in [-0.1, -0.05) is 0 Å². The van der Waals surface area contributed by atoms with E-state index in [0.29, 0.717) is 16.8 Å². The minimum atomic E-state index is -1.24. The summed E-state index contributed by atoms with van der Waals surface area (Å²) in [5.41, 5.74) is 0.377. The van der Waals surface area contributed by atoms with E-state index in [1.807, 2.05) is 6.92 Å². The second-order valence-electron chi connectivity index (χ2n) is 3.93. The van der Waals surface area contributed by atoms with Gasteiger partial charge in [-0.25, -0.2) is 19.7 Å². The van der Waals surface area contributed by atoms with E-state index in [1.54, 1.807) is 29.3 Å². The maximum absolute atomic E-state index is 11.3. The molecular weight excluding hydrogens is 338 g/mol. The Balaban J connectivity index is 2.54. The summed E-state index contributed by atoms with van der Waals surface area (Å²) in [6, 6.07) is 5.31. The molecule has 7 nitrogen and oxygen atoms in total. The molecule has 0 amide bonds. The predicted octanol–water partition coefficient (Wildman–Crippen LogP) is 2.36. The molecule has 0 aliphatic rings. The number of nitriles is 1. The Kier molecular flexibility index (Phi) is 4.45. The molecule has 0 unspecified atom stereocenters. The fourth-order valence-electron chi connectivity index (χ4n) is 1.76. The number of rotatable bonds is 4. The van der Waals surface area contributed by atoms with Crippen LogP contribution in [0.1, 0.15) is 23.1 Å². The maximum Gasteiger partial charge on any atom is 0.358 e. The van der Waals surface area contributed by atoms with Crippen LogP contribution in [0.4, 0.5) is 11.5 Å². The largest absolute Gasteiger partial charge is 0.476 e. The molecule has 8 heteroatoms. The van der Waals surface area contributed by atoms with Gasteiger partial charge in [0.15, 0.2) is 17.2 Å². The maximum atomic E-state index is 11.3. The summed E-state index contributed by atoms with van der Waals surface area (Å²) in [5.74, 6) is -1.06. The van der Waals surface area contributed by atoms with Gasteiger partial charge in [0, 0.05) is 6.54 Å². The van der Waals surface area contributed by atoms with Crippen LogP contribution in [0.25, 0.3) is 0 Å². The van der Waals surface area contributed by atoms with Crippen molar-refractivity contribution in [2.75, 3.05) is 11.4 Å². The molecule has 0 fully saturated rings. The summed E-state index contributed by atoms with van der Waals surface area (Å²) in [7, 11) is 0. The molecule has 0 atom stereocenters. The molecule has 106 valence electrons. The highest BCUT2D eigenvalue weighted by molar-refractivity contribution is 9.10. The van der Waals surface area contributed by atoms with Crippen LogP contribution in [0.2, 0.25) is 0 Å². The first kappa shape index (κ1) is 14.9. The lowest BCUT2D eigenvalue weighted by molar-refractivity contribution is 0.0691. The number of aromatic carboxylic acids is 1.